The van der Waals surface area contributed by atoms with Crippen molar-refractivity contribution >= 4 is 11.1 Å². The highest BCUT2D eigenvalue weighted by atomic mass is 16.4. The third-order valence-electron chi connectivity index (χ3n) is 2.52. The number of nitrogens with zero attached hydrogens (tertiary/aromatic N) is 2. The molecule has 0 spiro atoms. The second-order valence-corrected chi connectivity index (χ2v) is 3.53. The van der Waals surface area contributed by atoms with Crippen molar-refractivity contribution in [2.24, 2.45) is 0 Å². The summed E-state index contributed by atoms with van der Waals surface area (Å²) < 4.78 is 4.92. The number of rotatable bonds is 2. The first kappa shape index (κ1) is 9.83. The normalized spacial score (nSPS) is 12.9. The van der Waals surface area contributed by atoms with Crippen LogP contribution in [0.4, 0.5) is 0 Å². The Morgan fingerprint density at radius 2 is 2.33 bits per heavy atom. The Balaban J connectivity index is 2.76. The van der Waals surface area contributed by atoms with Gasteiger partial charge in [-0.2, -0.15) is 4.98 Å². The zero-order chi connectivity index (χ0) is 10.8. The molecule has 2 aromatic rings. The van der Waals surface area contributed by atoms with E-state index >= 15 is 0 Å². The van der Waals surface area contributed by atoms with Gasteiger partial charge >= 0.3 is 5.76 Å². The van der Waals surface area contributed by atoms with Gasteiger partial charge in [-0.3, -0.25) is 0 Å². The van der Waals surface area contributed by atoms with Crippen LogP contribution in [0.15, 0.2) is 27.5 Å². The Morgan fingerprint density at radius 3 is 3.07 bits per heavy atom. The summed E-state index contributed by atoms with van der Waals surface area (Å²) in [5.74, 6) is -0.336. The summed E-state index contributed by atoms with van der Waals surface area (Å²) in [7, 11) is 0. The Morgan fingerprint density at radius 1 is 1.53 bits per heavy atom. The Bertz CT molecular complexity index is 533. The maximum Gasteiger partial charge on any atom is 0.440 e. The van der Waals surface area contributed by atoms with E-state index in [-0.39, 0.29) is 5.92 Å². The average Bonchev–Trinajstić information content (AvgIpc) is 2.26. The van der Waals surface area contributed by atoms with Gasteiger partial charge in [0.1, 0.15) is 0 Å². The molecule has 0 radical (unpaired) electrons. The monoisotopic (exact) mass is 204 g/mol. The minimum absolute atomic E-state index is 0.237. The molecular weight excluding hydrogens is 192 g/mol. The Labute approximate surface area is 87.0 Å². The number of fused-ring (bicyclic) bond motifs is 1. The van der Waals surface area contributed by atoms with Gasteiger partial charge in [0.05, 0.1) is 11.1 Å². The maximum atomic E-state index is 11.2. The number of aromatic nitrogens is 2. The molecule has 0 aliphatic carbocycles. The minimum atomic E-state index is -0.573. The van der Waals surface area contributed by atoms with Crippen LogP contribution in [0.5, 0.6) is 0 Å². The van der Waals surface area contributed by atoms with Gasteiger partial charge in [0, 0.05) is 6.20 Å². The zero-order valence-electron chi connectivity index (χ0n) is 8.73. The van der Waals surface area contributed by atoms with E-state index in [1.807, 2.05) is 19.1 Å². The SMILES string of the molecule is CCC(C)c1nc(=O)oc2ncccc12. The lowest BCUT2D eigenvalue weighted by atomic mass is 10.0. The summed E-state index contributed by atoms with van der Waals surface area (Å²) in [5, 5.41) is 0.825. The molecule has 78 valence electrons. The highest BCUT2D eigenvalue weighted by Crippen LogP contribution is 2.22. The summed E-state index contributed by atoms with van der Waals surface area (Å²) in [6.45, 7) is 4.09. The largest absolute Gasteiger partial charge is 0.440 e. The van der Waals surface area contributed by atoms with E-state index < -0.39 is 5.76 Å². The van der Waals surface area contributed by atoms with Crippen molar-refractivity contribution in [1.82, 2.24) is 9.97 Å². The van der Waals surface area contributed by atoms with Crippen molar-refractivity contribution in [3.8, 4) is 0 Å². The second kappa shape index (κ2) is 3.81. The summed E-state index contributed by atoms with van der Waals surface area (Å²) in [6.07, 6.45) is 2.53. The Hall–Kier alpha value is -1.71. The summed E-state index contributed by atoms with van der Waals surface area (Å²) >= 11 is 0. The molecule has 0 aliphatic heterocycles. The van der Waals surface area contributed by atoms with E-state index in [0.717, 1.165) is 17.5 Å². The van der Waals surface area contributed by atoms with Crippen LogP contribution in [0.2, 0.25) is 0 Å². The molecule has 1 unspecified atom stereocenters. The predicted octanol–water partition coefficient (Wildman–Crippen LogP) is 2.10. The minimum Gasteiger partial charge on any atom is -0.389 e. The first-order valence-corrected chi connectivity index (χ1v) is 4.98. The van der Waals surface area contributed by atoms with E-state index in [0.29, 0.717) is 5.71 Å². The summed E-state index contributed by atoms with van der Waals surface area (Å²) in [6, 6.07) is 3.69. The molecule has 0 bridgehead atoms. The van der Waals surface area contributed by atoms with Gasteiger partial charge in [-0.05, 0) is 24.5 Å². The van der Waals surface area contributed by atoms with Gasteiger partial charge in [0.25, 0.3) is 0 Å². The van der Waals surface area contributed by atoms with Gasteiger partial charge < -0.3 is 4.42 Å². The highest BCUT2D eigenvalue weighted by Gasteiger charge is 2.12. The van der Waals surface area contributed by atoms with Crippen LogP contribution >= 0.6 is 0 Å². The van der Waals surface area contributed by atoms with Crippen molar-refractivity contribution in [2.45, 2.75) is 26.2 Å². The van der Waals surface area contributed by atoms with Gasteiger partial charge in [-0.1, -0.05) is 13.8 Å². The fourth-order valence-electron chi connectivity index (χ4n) is 1.50. The van der Waals surface area contributed by atoms with Gasteiger partial charge in [0.15, 0.2) is 0 Å². The van der Waals surface area contributed by atoms with Crippen LogP contribution in [-0.4, -0.2) is 9.97 Å². The van der Waals surface area contributed by atoms with Crippen LogP contribution in [0.1, 0.15) is 31.9 Å². The lowest BCUT2D eigenvalue weighted by Gasteiger charge is -2.08. The Kier molecular flexibility index (Phi) is 2.49. The maximum absolute atomic E-state index is 11.2. The molecule has 0 N–H and O–H groups in total. The van der Waals surface area contributed by atoms with E-state index in [1.54, 1.807) is 6.20 Å². The van der Waals surface area contributed by atoms with Gasteiger partial charge in [-0.15, -0.1) is 0 Å². The summed E-state index contributed by atoms with van der Waals surface area (Å²) in [4.78, 5) is 19.1. The molecule has 2 heterocycles. The third-order valence-corrected chi connectivity index (χ3v) is 2.52. The molecule has 0 saturated carbocycles. The molecular formula is C11H12N2O2. The fraction of sp³-hybridized carbons (Fsp3) is 0.364. The van der Waals surface area contributed by atoms with Crippen LogP contribution < -0.4 is 5.76 Å². The topological polar surface area (TPSA) is 56.0 Å². The third kappa shape index (κ3) is 1.75. The molecule has 0 amide bonds. The molecule has 0 aliphatic rings. The quantitative estimate of drug-likeness (QED) is 0.751. The smallest absolute Gasteiger partial charge is 0.389 e. The number of hydrogen-bond donors (Lipinski definition) is 0. The van der Waals surface area contributed by atoms with E-state index in [2.05, 4.69) is 16.9 Å². The molecule has 4 heteroatoms. The van der Waals surface area contributed by atoms with Crippen molar-refractivity contribution in [3.05, 3.63) is 34.6 Å². The van der Waals surface area contributed by atoms with E-state index in [4.69, 9.17) is 4.42 Å². The second-order valence-electron chi connectivity index (χ2n) is 3.53. The van der Waals surface area contributed by atoms with Crippen LogP contribution in [-0.2, 0) is 0 Å². The molecule has 2 aromatic heterocycles. The standard InChI is InChI=1S/C11H12N2O2/c1-3-7(2)9-8-5-4-6-12-10(8)15-11(14)13-9/h4-7H,3H2,1-2H3. The molecule has 0 saturated heterocycles. The van der Waals surface area contributed by atoms with Crippen molar-refractivity contribution in [3.63, 3.8) is 0 Å². The molecule has 0 fully saturated rings. The fourth-order valence-corrected chi connectivity index (χ4v) is 1.50. The van der Waals surface area contributed by atoms with Crippen molar-refractivity contribution in [1.29, 1.82) is 0 Å². The molecule has 4 nitrogen and oxygen atoms in total. The van der Waals surface area contributed by atoms with Crippen molar-refractivity contribution in [2.75, 3.05) is 0 Å². The predicted molar refractivity (Wildman–Crippen MR) is 56.8 cm³/mol. The van der Waals surface area contributed by atoms with Gasteiger partial charge in [0.2, 0.25) is 5.71 Å². The summed E-state index contributed by atoms with van der Waals surface area (Å²) in [5.41, 5.74) is 1.14. The first-order chi connectivity index (χ1) is 7.22. The number of hydrogen-bond acceptors (Lipinski definition) is 4. The van der Waals surface area contributed by atoms with Crippen LogP contribution in [0.25, 0.3) is 11.1 Å². The lowest BCUT2D eigenvalue weighted by Crippen LogP contribution is -2.10. The lowest BCUT2D eigenvalue weighted by molar-refractivity contribution is 0.510. The highest BCUT2D eigenvalue weighted by molar-refractivity contribution is 5.75. The molecule has 15 heavy (non-hydrogen) atoms. The molecule has 2 rings (SSSR count). The van der Waals surface area contributed by atoms with Crippen molar-refractivity contribution < 1.29 is 4.42 Å². The average molecular weight is 204 g/mol. The van der Waals surface area contributed by atoms with E-state index in [1.165, 1.54) is 0 Å². The first-order valence-electron chi connectivity index (χ1n) is 4.98. The molecule has 0 aromatic carbocycles. The molecule has 1 atom stereocenters. The number of pyridine rings is 1. The van der Waals surface area contributed by atoms with E-state index in [9.17, 15) is 4.79 Å². The van der Waals surface area contributed by atoms with Crippen LogP contribution in [0.3, 0.4) is 0 Å². The van der Waals surface area contributed by atoms with Crippen LogP contribution in [0, 0.1) is 0 Å². The van der Waals surface area contributed by atoms with Gasteiger partial charge in [-0.25, -0.2) is 9.78 Å². The zero-order valence-corrected chi connectivity index (χ0v) is 8.73.